The Morgan fingerprint density at radius 2 is 2.00 bits per heavy atom. The molecule has 0 amide bonds. The van der Waals surface area contributed by atoms with Crippen LogP contribution in [0.25, 0.3) is 16.6 Å². The Balaban J connectivity index is 1.89. The highest BCUT2D eigenvalue weighted by Crippen LogP contribution is 2.24. The van der Waals surface area contributed by atoms with Gasteiger partial charge in [-0.15, -0.1) is 0 Å². The Morgan fingerprint density at radius 3 is 2.72 bits per heavy atom. The number of aromatic nitrogens is 4. The Morgan fingerprint density at radius 1 is 1.20 bits per heavy atom. The van der Waals surface area contributed by atoms with Gasteiger partial charge in [-0.25, -0.2) is 14.8 Å². The Bertz CT molecular complexity index is 1090. The molecule has 0 aliphatic heterocycles. The fourth-order valence-corrected chi connectivity index (χ4v) is 2.55. The van der Waals surface area contributed by atoms with E-state index in [1.54, 1.807) is 30.0 Å². The molecule has 8 nitrogen and oxygen atoms in total. The second-order valence-corrected chi connectivity index (χ2v) is 5.31. The topological polar surface area (TPSA) is 102 Å². The summed E-state index contributed by atoms with van der Waals surface area (Å²) in [4.78, 5) is 24.1. The van der Waals surface area contributed by atoms with Gasteiger partial charge in [-0.1, -0.05) is 0 Å². The number of hydrogen-bond acceptors (Lipinski definition) is 6. The number of carboxylic acid groups (broad SMARTS) is 1. The maximum absolute atomic E-state index is 11.3. The molecule has 0 saturated carbocycles. The minimum absolute atomic E-state index is 0.0593. The number of pyridine rings is 1. The molecule has 4 rings (SSSR count). The van der Waals surface area contributed by atoms with Gasteiger partial charge in [0.05, 0.1) is 18.0 Å². The average molecular weight is 335 g/mol. The summed E-state index contributed by atoms with van der Waals surface area (Å²) in [6, 6.07) is 9.09. The highest BCUT2D eigenvalue weighted by atomic mass is 16.5. The summed E-state index contributed by atoms with van der Waals surface area (Å²) >= 11 is 0. The molecular formula is C17H13N5O3. The van der Waals surface area contributed by atoms with Crippen molar-refractivity contribution in [2.75, 3.05) is 12.4 Å². The molecule has 1 aromatic carbocycles. The summed E-state index contributed by atoms with van der Waals surface area (Å²) in [5.74, 6) is 0.0963. The highest BCUT2D eigenvalue weighted by Gasteiger charge is 2.15. The summed E-state index contributed by atoms with van der Waals surface area (Å²) < 4.78 is 6.75. The highest BCUT2D eigenvalue weighted by molar-refractivity contribution is 5.95. The third-order valence-electron chi connectivity index (χ3n) is 3.76. The first kappa shape index (κ1) is 14.9. The molecule has 0 saturated heterocycles. The number of aromatic carboxylic acids is 1. The van der Waals surface area contributed by atoms with Gasteiger partial charge in [0, 0.05) is 24.3 Å². The molecule has 0 radical (unpaired) electrons. The van der Waals surface area contributed by atoms with Crippen molar-refractivity contribution in [2.45, 2.75) is 0 Å². The van der Waals surface area contributed by atoms with Gasteiger partial charge in [0.25, 0.3) is 0 Å². The van der Waals surface area contributed by atoms with Crippen molar-refractivity contribution < 1.29 is 14.6 Å². The second-order valence-electron chi connectivity index (χ2n) is 5.31. The molecule has 0 fully saturated rings. The summed E-state index contributed by atoms with van der Waals surface area (Å²) in [6.45, 7) is 0. The first-order chi connectivity index (χ1) is 12.2. The maximum Gasteiger partial charge on any atom is 0.356 e. The normalized spacial score (nSPS) is 10.9. The lowest BCUT2D eigenvalue weighted by Gasteiger charge is -2.10. The zero-order valence-corrected chi connectivity index (χ0v) is 13.2. The molecule has 0 aliphatic carbocycles. The Hall–Kier alpha value is -3.68. The van der Waals surface area contributed by atoms with Gasteiger partial charge in [-0.2, -0.15) is 0 Å². The summed E-state index contributed by atoms with van der Waals surface area (Å²) in [5.41, 5.74) is 1.87. The number of methoxy groups -OCH3 is 1. The van der Waals surface area contributed by atoms with E-state index < -0.39 is 5.97 Å². The van der Waals surface area contributed by atoms with Gasteiger partial charge in [0.15, 0.2) is 11.3 Å². The molecule has 8 heteroatoms. The molecule has 124 valence electrons. The van der Waals surface area contributed by atoms with Gasteiger partial charge in [-0.05, 0) is 30.3 Å². The van der Waals surface area contributed by atoms with Gasteiger partial charge in [-0.3, -0.25) is 9.38 Å². The maximum atomic E-state index is 11.3. The molecular weight excluding hydrogens is 322 g/mol. The number of hydrogen-bond donors (Lipinski definition) is 2. The number of carbonyl (C=O) groups is 1. The molecule has 25 heavy (non-hydrogen) atoms. The van der Waals surface area contributed by atoms with Crippen LogP contribution < -0.4 is 10.1 Å². The van der Waals surface area contributed by atoms with Crippen LogP contribution in [0.4, 0.5) is 11.6 Å². The lowest BCUT2D eigenvalue weighted by Crippen LogP contribution is -2.02. The van der Waals surface area contributed by atoms with E-state index in [1.807, 2.05) is 24.3 Å². The quantitative estimate of drug-likeness (QED) is 0.591. The number of nitrogens with one attached hydrogen (secondary N) is 1. The molecule has 0 atom stereocenters. The van der Waals surface area contributed by atoms with Gasteiger partial charge in [0.2, 0.25) is 5.95 Å². The van der Waals surface area contributed by atoms with Crippen LogP contribution in [-0.2, 0) is 0 Å². The Labute approximate surface area is 141 Å². The van der Waals surface area contributed by atoms with Gasteiger partial charge >= 0.3 is 5.97 Å². The summed E-state index contributed by atoms with van der Waals surface area (Å²) in [5, 5.41) is 13.1. The van der Waals surface area contributed by atoms with Crippen LogP contribution in [0.3, 0.4) is 0 Å². The predicted octanol–water partition coefficient (Wildman–Crippen LogP) is 2.73. The van der Waals surface area contributed by atoms with Crippen molar-refractivity contribution in [1.29, 1.82) is 0 Å². The van der Waals surface area contributed by atoms with Crippen LogP contribution in [0.2, 0.25) is 0 Å². The van der Waals surface area contributed by atoms with E-state index in [4.69, 9.17) is 4.74 Å². The third-order valence-corrected chi connectivity index (χ3v) is 3.76. The number of imidazole rings is 1. The molecule has 4 aromatic rings. The fraction of sp³-hybridized carbons (Fsp3) is 0.0588. The van der Waals surface area contributed by atoms with Crippen LogP contribution in [0.5, 0.6) is 5.75 Å². The van der Waals surface area contributed by atoms with Crippen molar-refractivity contribution in [1.82, 2.24) is 19.4 Å². The number of fused-ring (bicyclic) bond motifs is 3. The van der Waals surface area contributed by atoms with Crippen LogP contribution in [0, 0.1) is 0 Å². The molecule has 3 aromatic heterocycles. The number of benzene rings is 1. The first-order valence-electron chi connectivity index (χ1n) is 7.43. The van der Waals surface area contributed by atoms with Crippen LogP contribution in [-0.4, -0.2) is 37.5 Å². The summed E-state index contributed by atoms with van der Waals surface area (Å²) in [6.07, 6.45) is 4.68. The smallest absolute Gasteiger partial charge is 0.356 e. The van der Waals surface area contributed by atoms with Crippen molar-refractivity contribution >= 4 is 34.2 Å². The number of anilines is 2. The molecule has 0 unspecified atom stereocenters. The van der Waals surface area contributed by atoms with E-state index in [1.165, 1.54) is 6.20 Å². The van der Waals surface area contributed by atoms with Gasteiger partial charge in [0.1, 0.15) is 5.75 Å². The number of nitrogens with zero attached hydrogens (tertiary/aromatic N) is 4. The van der Waals surface area contributed by atoms with E-state index >= 15 is 0 Å². The molecule has 0 bridgehead atoms. The van der Waals surface area contributed by atoms with Crippen molar-refractivity contribution in [3.63, 3.8) is 0 Å². The van der Waals surface area contributed by atoms with E-state index in [0.29, 0.717) is 22.5 Å². The second kappa shape index (κ2) is 5.75. The third kappa shape index (κ3) is 2.59. The van der Waals surface area contributed by atoms with Crippen LogP contribution in [0.1, 0.15) is 10.5 Å². The summed E-state index contributed by atoms with van der Waals surface area (Å²) in [7, 11) is 1.60. The molecule has 3 heterocycles. The van der Waals surface area contributed by atoms with Crippen molar-refractivity contribution in [3.05, 3.63) is 54.6 Å². The van der Waals surface area contributed by atoms with Crippen LogP contribution in [0.15, 0.2) is 48.9 Å². The number of carboxylic acids is 1. The molecule has 2 N–H and O–H groups in total. The van der Waals surface area contributed by atoms with Crippen LogP contribution >= 0.6 is 0 Å². The zero-order valence-electron chi connectivity index (χ0n) is 13.2. The SMILES string of the molecule is COc1ccc(Nc2nc3ccncc3c3nc(C(=O)O)cn23)cc1. The average Bonchev–Trinajstić information content (AvgIpc) is 3.09. The van der Waals surface area contributed by atoms with Crippen molar-refractivity contribution in [3.8, 4) is 5.75 Å². The van der Waals surface area contributed by atoms with E-state index in [-0.39, 0.29) is 5.69 Å². The lowest BCUT2D eigenvalue weighted by atomic mass is 10.3. The van der Waals surface area contributed by atoms with Gasteiger partial charge < -0.3 is 15.2 Å². The number of ether oxygens (including phenoxy) is 1. The minimum Gasteiger partial charge on any atom is -0.497 e. The number of rotatable bonds is 4. The standard InChI is InChI=1S/C17H13N5O3/c1-25-11-4-2-10(3-5-11)19-17-21-13-6-7-18-8-12(13)15-20-14(16(23)24)9-22(15)17/h2-9H,1H3,(H,19,21)(H,23,24). The Kier molecular flexibility index (Phi) is 3.42. The largest absolute Gasteiger partial charge is 0.497 e. The first-order valence-corrected chi connectivity index (χ1v) is 7.43. The monoisotopic (exact) mass is 335 g/mol. The van der Waals surface area contributed by atoms with Crippen molar-refractivity contribution in [2.24, 2.45) is 0 Å². The van der Waals surface area contributed by atoms with E-state index in [9.17, 15) is 9.90 Å². The van der Waals surface area contributed by atoms with E-state index in [2.05, 4.69) is 20.3 Å². The predicted molar refractivity (Wildman–Crippen MR) is 91.5 cm³/mol. The molecule has 0 aliphatic rings. The molecule has 0 spiro atoms. The lowest BCUT2D eigenvalue weighted by molar-refractivity contribution is 0.0691. The fourth-order valence-electron chi connectivity index (χ4n) is 2.55. The minimum atomic E-state index is -1.10. The zero-order chi connectivity index (χ0) is 17.4. The van der Waals surface area contributed by atoms with E-state index in [0.717, 1.165) is 11.4 Å².